The van der Waals surface area contributed by atoms with Crippen molar-refractivity contribution in [1.29, 1.82) is 0 Å². The number of nitrogens with zero attached hydrogens (tertiary/aromatic N) is 1. The third-order valence-electron chi connectivity index (χ3n) is 4.97. The lowest BCUT2D eigenvalue weighted by atomic mass is 10.2. The summed E-state index contributed by atoms with van der Waals surface area (Å²) in [5.74, 6) is 1.75. The zero-order valence-corrected chi connectivity index (χ0v) is 19.5. The summed E-state index contributed by atoms with van der Waals surface area (Å²) in [5, 5.41) is 2.89. The van der Waals surface area contributed by atoms with Crippen molar-refractivity contribution in [2.75, 3.05) is 36.9 Å². The molecule has 9 heteroatoms. The van der Waals surface area contributed by atoms with E-state index in [0.29, 0.717) is 43.4 Å². The minimum absolute atomic E-state index is 0.151. The average molecular weight is 463 g/mol. The van der Waals surface area contributed by atoms with Crippen molar-refractivity contribution < 1.29 is 27.4 Å². The molecule has 1 N–H and O–H groups in total. The Bertz CT molecular complexity index is 1040. The van der Waals surface area contributed by atoms with E-state index in [4.69, 9.17) is 14.2 Å². The number of benzene rings is 2. The van der Waals surface area contributed by atoms with E-state index >= 15 is 0 Å². The largest absolute Gasteiger partial charge is 0.491 e. The van der Waals surface area contributed by atoms with Gasteiger partial charge in [0.1, 0.15) is 25.6 Å². The molecule has 0 fully saturated rings. The zero-order chi connectivity index (χ0) is 23.1. The first kappa shape index (κ1) is 23.7. The molecule has 0 saturated heterocycles. The van der Waals surface area contributed by atoms with Crippen LogP contribution in [0.4, 0.5) is 5.69 Å². The number of fused-ring (bicyclic) bond motifs is 1. The lowest BCUT2D eigenvalue weighted by Crippen LogP contribution is -2.37. The SMILES string of the molecule is Cc1ccccc1OC[C@@H](C)NC(=O)CCCN(c1ccc2c(c1)OCCO2)S(C)(=O)=O. The number of aryl methyl sites for hydroxylation is 1. The number of hydrogen-bond donors (Lipinski definition) is 1. The van der Waals surface area contributed by atoms with Crippen LogP contribution in [0.2, 0.25) is 0 Å². The molecule has 32 heavy (non-hydrogen) atoms. The van der Waals surface area contributed by atoms with Crippen molar-refractivity contribution in [2.24, 2.45) is 0 Å². The highest BCUT2D eigenvalue weighted by Crippen LogP contribution is 2.34. The van der Waals surface area contributed by atoms with Crippen molar-refractivity contribution in [3.05, 3.63) is 48.0 Å². The van der Waals surface area contributed by atoms with Crippen LogP contribution in [0, 0.1) is 6.92 Å². The number of ether oxygens (including phenoxy) is 3. The molecular formula is C23H30N2O6S. The van der Waals surface area contributed by atoms with Gasteiger partial charge in [-0.2, -0.15) is 0 Å². The van der Waals surface area contributed by atoms with Crippen LogP contribution in [0.3, 0.4) is 0 Å². The van der Waals surface area contributed by atoms with Crippen molar-refractivity contribution in [3.8, 4) is 17.2 Å². The molecule has 8 nitrogen and oxygen atoms in total. The fraction of sp³-hybridized carbons (Fsp3) is 0.435. The number of anilines is 1. The Morgan fingerprint density at radius 1 is 1.16 bits per heavy atom. The number of para-hydroxylation sites is 1. The monoisotopic (exact) mass is 462 g/mol. The van der Waals surface area contributed by atoms with Gasteiger partial charge in [-0.3, -0.25) is 9.10 Å². The number of carbonyl (C=O) groups is 1. The van der Waals surface area contributed by atoms with E-state index in [0.717, 1.165) is 17.6 Å². The van der Waals surface area contributed by atoms with Crippen LogP contribution >= 0.6 is 0 Å². The van der Waals surface area contributed by atoms with E-state index in [1.165, 1.54) is 4.31 Å². The predicted molar refractivity (Wildman–Crippen MR) is 123 cm³/mol. The summed E-state index contributed by atoms with van der Waals surface area (Å²) in [6, 6.07) is 12.6. The maximum absolute atomic E-state index is 12.3. The number of rotatable bonds is 10. The first-order chi connectivity index (χ1) is 15.2. The van der Waals surface area contributed by atoms with Gasteiger partial charge in [0, 0.05) is 19.0 Å². The van der Waals surface area contributed by atoms with E-state index in [1.807, 2.05) is 38.1 Å². The van der Waals surface area contributed by atoms with E-state index < -0.39 is 10.0 Å². The van der Waals surface area contributed by atoms with Gasteiger partial charge in [0.15, 0.2) is 11.5 Å². The fourth-order valence-corrected chi connectivity index (χ4v) is 4.34. The smallest absolute Gasteiger partial charge is 0.232 e. The topological polar surface area (TPSA) is 94.2 Å². The molecule has 1 aliphatic rings. The maximum Gasteiger partial charge on any atom is 0.232 e. The molecule has 0 aromatic heterocycles. The first-order valence-corrected chi connectivity index (χ1v) is 12.4. The molecule has 3 rings (SSSR count). The van der Waals surface area contributed by atoms with Gasteiger partial charge in [-0.15, -0.1) is 0 Å². The maximum atomic E-state index is 12.3. The van der Waals surface area contributed by atoms with Gasteiger partial charge in [0.25, 0.3) is 0 Å². The van der Waals surface area contributed by atoms with E-state index in [-0.39, 0.29) is 24.9 Å². The third-order valence-corrected chi connectivity index (χ3v) is 6.16. The summed E-state index contributed by atoms with van der Waals surface area (Å²) in [5.41, 5.74) is 1.52. The molecular weight excluding hydrogens is 432 g/mol. The lowest BCUT2D eigenvalue weighted by Gasteiger charge is -2.25. The van der Waals surface area contributed by atoms with Crippen molar-refractivity contribution >= 4 is 21.6 Å². The molecule has 1 heterocycles. The molecule has 1 aliphatic heterocycles. The van der Waals surface area contributed by atoms with Crippen molar-refractivity contribution in [3.63, 3.8) is 0 Å². The average Bonchev–Trinajstić information content (AvgIpc) is 2.75. The van der Waals surface area contributed by atoms with Gasteiger partial charge in [-0.05, 0) is 44.0 Å². The molecule has 0 saturated carbocycles. The third kappa shape index (κ3) is 6.53. The fourth-order valence-electron chi connectivity index (χ4n) is 3.38. The molecule has 0 radical (unpaired) electrons. The van der Waals surface area contributed by atoms with Crippen LogP contribution in [-0.4, -0.2) is 53.0 Å². The van der Waals surface area contributed by atoms with Gasteiger partial charge in [-0.1, -0.05) is 18.2 Å². The second-order valence-corrected chi connectivity index (χ2v) is 9.72. The summed E-state index contributed by atoms with van der Waals surface area (Å²) in [4.78, 5) is 12.3. The lowest BCUT2D eigenvalue weighted by molar-refractivity contribution is -0.121. The van der Waals surface area contributed by atoms with Crippen molar-refractivity contribution in [1.82, 2.24) is 5.32 Å². The molecule has 1 atom stereocenters. The van der Waals surface area contributed by atoms with Crippen molar-refractivity contribution in [2.45, 2.75) is 32.7 Å². The Morgan fingerprint density at radius 2 is 1.88 bits per heavy atom. The molecule has 1 amide bonds. The van der Waals surface area contributed by atoms with E-state index in [9.17, 15) is 13.2 Å². The normalized spacial score (nSPS) is 13.8. The molecule has 2 aromatic rings. The summed E-state index contributed by atoms with van der Waals surface area (Å²) in [6.45, 7) is 5.25. The summed E-state index contributed by atoms with van der Waals surface area (Å²) in [7, 11) is -3.52. The molecule has 2 aromatic carbocycles. The van der Waals surface area contributed by atoms with E-state index in [1.54, 1.807) is 18.2 Å². The second-order valence-electron chi connectivity index (χ2n) is 7.81. The van der Waals surface area contributed by atoms with Gasteiger partial charge < -0.3 is 19.5 Å². The van der Waals surface area contributed by atoms with Crippen LogP contribution in [0.25, 0.3) is 0 Å². The van der Waals surface area contributed by atoms with Crippen LogP contribution in [-0.2, 0) is 14.8 Å². The summed E-state index contributed by atoms with van der Waals surface area (Å²) in [6.07, 6.45) is 1.72. The highest BCUT2D eigenvalue weighted by atomic mass is 32.2. The highest BCUT2D eigenvalue weighted by molar-refractivity contribution is 7.92. The molecule has 0 aliphatic carbocycles. The Morgan fingerprint density at radius 3 is 2.59 bits per heavy atom. The second kappa shape index (κ2) is 10.6. The van der Waals surface area contributed by atoms with Gasteiger partial charge in [0.2, 0.25) is 15.9 Å². The molecule has 0 spiro atoms. The zero-order valence-electron chi connectivity index (χ0n) is 18.7. The Kier molecular flexibility index (Phi) is 7.84. The van der Waals surface area contributed by atoms with E-state index in [2.05, 4.69) is 5.32 Å². The molecule has 0 unspecified atom stereocenters. The van der Waals surface area contributed by atoms with Gasteiger partial charge in [-0.25, -0.2) is 8.42 Å². The number of amides is 1. The summed E-state index contributed by atoms with van der Waals surface area (Å²) >= 11 is 0. The standard InChI is InChI=1S/C23H30N2O6S/c1-17-7-4-5-8-20(17)31-16-18(2)24-23(26)9-6-12-25(32(3,27)28)19-10-11-21-22(15-19)30-14-13-29-21/h4-5,7-8,10-11,15,18H,6,9,12-14,16H2,1-3H3,(H,24,26)/t18-/m1/s1. The highest BCUT2D eigenvalue weighted by Gasteiger charge is 2.21. The number of sulfonamides is 1. The summed E-state index contributed by atoms with van der Waals surface area (Å²) < 4.78 is 42.8. The van der Waals surface area contributed by atoms with Gasteiger partial charge in [0.05, 0.1) is 18.0 Å². The minimum Gasteiger partial charge on any atom is -0.491 e. The molecule has 174 valence electrons. The van der Waals surface area contributed by atoms with Crippen LogP contribution in [0.5, 0.6) is 17.2 Å². The number of nitrogens with one attached hydrogen (secondary N) is 1. The Hall–Kier alpha value is -2.94. The van der Waals surface area contributed by atoms with Gasteiger partial charge >= 0.3 is 0 Å². The first-order valence-electron chi connectivity index (χ1n) is 10.6. The molecule has 0 bridgehead atoms. The van der Waals surface area contributed by atoms with Crippen LogP contribution < -0.4 is 23.8 Å². The Balaban J connectivity index is 1.50. The van der Waals surface area contributed by atoms with Crippen LogP contribution in [0.15, 0.2) is 42.5 Å². The number of hydrogen-bond acceptors (Lipinski definition) is 6. The number of carbonyl (C=O) groups excluding carboxylic acids is 1. The minimum atomic E-state index is -3.52. The quantitative estimate of drug-likeness (QED) is 0.584. The Labute approximate surface area is 189 Å². The predicted octanol–water partition coefficient (Wildman–Crippen LogP) is 2.90. The van der Waals surface area contributed by atoms with Crippen LogP contribution in [0.1, 0.15) is 25.3 Å².